The standard InChI is InChI=1S/C29H39N3O3/c1-23-12-14-25(15-13-23)27(33)31(16-8-10-24-9-6-7-11-26(24)35-5)20-17-30-18-21-32(22-19-30)28(34)29(2,3)4/h6-15H,16-22H2,1-5H3/b10-8+. The Morgan fingerprint density at radius 1 is 1.00 bits per heavy atom. The second kappa shape index (κ2) is 12.0. The van der Waals surface area contributed by atoms with Gasteiger partial charge in [0.05, 0.1) is 7.11 Å². The van der Waals surface area contributed by atoms with Gasteiger partial charge in [-0.15, -0.1) is 0 Å². The Kier molecular flexibility index (Phi) is 9.10. The van der Waals surface area contributed by atoms with Crippen molar-refractivity contribution in [3.05, 3.63) is 71.3 Å². The van der Waals surface area contributed by atoms with E-state index in [1.54, 1.807) is 7.11 Å². The molecule has 6 nitrogen and oxygen atoms in total. The van der Waals surface area contributed by atoms with Gasteiger partial charge >= 0.3 is 0 Å². The fourth-order valence-corrected chi connectivity index (χ4v) is 4.18. The highest BCUT2D eigenvalue weighted by molar-refractivity contribution is 5.94. The van der Waals surface area contributed by atoms with Crippen molar-refractivity contribution in [2.45, 2.75) is 27.7 Å². The average Bonchev–Trinajstić information content (AvgIpc) is 2.85. The third kappa shape index (κ3) is 7.43. The Labute approximate surface area is 210 Å². The Balaban J connectivity index is 1.64. The summed E-state index contributed by atoms with van der Waals surface area (Å²) in [6.07, 6.45) is 4.02. The number of ether oxygens (including phenoxy) is 1. The molecule has 35 heavy (non-hydrogen) atoms. The summed E-state index contributed by atoms with van der Waals surface area (Å²) >= 11 is 0. The number of amides is 2. The first-order chi connectivity index (χ1) is 16.7. The monoisotopic (exact) mass is 477 g/mol. The fraction of sp³-hybridized carbons (Fsp3) is 0.448. The van der Waals surface area contributed by atoms with Crippen molar-refractivity contribution in [3.8, 4) is 5.75 Å². The largest absolute Gasteiger partial charge is 0.496 e. The lowest BCUT2D eigenvalue weighted by atomic mass is 9.94. The van der Waals surface area contributed by atoms with Crippen LogP contribution < -0.4 is 4.74 Å². The van der Waals surface area contributed by atoms with Crippen LogP contribution in [0.4, 0.5) is 0 Å². The molecule has 0 spiro atoms. The summed E-state index contributed by atoms with van der Waals surface area (Å²) in [7, 11) is 1.66. The van der Waals surface area contributed by atoms with Crippen molar-refractivity contribution in [2.75, 3.05) is 52.9 Å². The molecule has 0 saturated carbocycles. The molecule has 0 aliphatic carbocycles. The van der Waals surface area contributed by atoms with Gasteiger partial charge in [-0.1, -0.05) is 68.8 Å². The second-order valence-corrected chi connectivity index (χ2v) is 10.1. The van der Waals surface area contributed by atoms with Crippen molar-refractivity contribution in [2.24, 2.45) is 5.41 Å². The number of hydrogen-bond acceptors (Lipinski definition) is 4. The molecule has 0 bridgehead atoms. The molecule has 1 aliphatic heterocycles. The molecular formula is C29H39N3O3. The first kappa shape index (κ1) is 26.5. The van der Waals surface area contributed by atoms with E-state index in [1.165, 1.54) is 0 Å². The highest BCUT2D eigenvalue weighted by Crippen LogP contribution is 2.20. The zero-order valence-corrected chi connectivity index (χ0v) is 21.8. The van der Waals surface area contributed by atoms with Crippen molar-refractivity contribution in [1.82, 2.24) is 14.7 Å². The molecule has 188 valence electrons. The van der Waals surface area contributed by atoms with E-state index in [2.05, 4.69) is 4.90 Å². The van der Waals surface area contributed by atoms with Gasteiger partial charge in [0, 0.05) is 62.4 Å². The minimum Gasteiger partial charge on any atom is -0.496 e. The van der Waals surface area contributed by atoms with Crippen LogP contribution in [0.25, 0.3) is 6.08 Å². The molecule has 1 heterocycles. The van der Waals surface area contributed by atoms with E-state index in [0.29, 0.717) is 18.7 Å². The topological polar surface area (TPSA) is 53.1 Å². The van der Waals surface area contributed by atoms with E-state index in [-0.39, 0.29) is 17.2 Å². The van der Waals surface area contributed by atoms with Crippen LogP contribution in [0.5, 0.6) is 5.75 Å². The molecule has 0 unspecified atom stereocenters. The molecular weight excluding hydrogens is 438 g/mol. The maximum atomic E-state index is 13.3. The van der Waals surface area contributed by atoms with Crippen LogP contribution in [0.1, 0.15) is 42.3 Å². The van der Waals surface area contributed by atoms with Gasteiger partial charge in [-0.2, -0.15) is 0 Å². The van der Waals surface area contributed by atoms with Crippen molar-refractivity contribution >= 4 is 17.9 Å². The predicted molar refractivity (Wildman–Crippen MR) is 142 cm³/mol. The van der Waals surface area contributed by atoms with Crippen molar-refractivity contribution < 1.29 is 14.3 Å². The molecule has 2 aromatic rings. The normalized spacial score (nSPS) is 14.8. The molecule has 2 amide bonds. The molecule has 1 saturated heterocycles. The van der Waals surface area contributed by atoms with Gasteiger partial charge in [0.1, 0.15) is 5.75 Å². The summed E-state index contributed by atoms with van der Waals surface area (Å²) in [5, 5.41) is 0. The Morgan fingerprint density at radius 2 is 1.66 bits per heavy atom. The lowest BCUT2D eigenvalue weighted by Gasteiger charge is -2.38. The van der Waals surface area contributed by atoms with Gasteiger partial charge in [0.2, 0.25) is 5.91 Å². The van der Waals surface area contributed by atoms with Crippen LogP contribution in [-0.4, -0.2) is 79.4 Å². The second-order valence-electron chi connectivity index (χ2n) is 10.1. The number of rotatable bonds is 8. The number of carbonyl (C=O) groups is 2. The molecule has 1 fully saturated rings. The SMILES string of the molecule is COc1ccccc1/C=C/CN(CCN1CCN(C(=O)C(C)(C)C)CC1)C(=O)c1ccc(C)cc1. The summed E-state index contributed by atoms with van der Waals surface area (Å²) < 4.78 is 5.44. The molecule has 1 aliphatic rings. The summed E-state index contributed by atoms with van der Waals surface area (Å²) in [6.45, 7) is 12.9. The highest BCUT2D eigenvalue weighted by atomic mass is 16.5. The number of benzene rings is 2. The minimum atomic E-state index is -0.354. The van der Waals surface area contributed by atoms with Gasteiger partial charge in [-0.3, -0.25) is 14.5 Å². The van der Waals surface area contributed by atoms with Crippen LogP contribution in [0.3, 0.4) is 0 Å². The molecule has 3 rings (SSSR count). The van der Waals surface area contributed by atoms with Gasteiger partial charge in [-0.25, -0.2) is 0 Å². The quantitative estimate of drug-likeness (QED) is 0.567. The maximum absolute atomic E-state index is 13.3. The van der Waals surface area contributed by atoms with E-state index in [1.807, 2.05) is 98.2 Å². The summed E-state index contributed by atoms with van der Waals surface area (Å²) in [4.78, 5) is 32.1. The number of piperazine rings is 1. The van der Waals surface area contributed by atoms with E-state index in [0.717, 1.165) is 49.6 Å². The van der Waals surface area contributed by atoms with Gasteiger partial charge in [0.25, 0.3) is 5.91 Å². The van der Waals surface area contributed by atoms with E-state index < -0.39 is 0 Å². The van der Waals surface area contributed by atoms with E-state index in [4.69, 9.17) is 4.74 Å². The van der Waals surface area contributed by atoms with Gasteiger partial charge in [-0.05, 0) is 25.1 Å². The van der Waals surface area contributed by atoms with Gasteiger partial charge in [0.15, 0.2) is 0 Å². The summed E-state index contributed by atoms with van der Waals surface area (Å²) in [5.41, 5.74) is 2.46. The first-order valence-electron chi connectivity index (χ1n) is 12.4. The van der Waals surface area contributed by atoms with Crippen LogP contribution >= 0.6 is 0 Å². The van der Waals surface area contributed by atoms with E-state index in [9.17, 15) is 9.59 Å². The molecule has 0 N–H and O–H groups in total. The number of hydrogen-bond donors (Lipinski definition) is 0. The van der Waals surface area contributed by atoms with Crippen LogP contribution in [-0.2, 0) is 4.79 Å². The molecule has 0 radical (unpaired) electrons. The number of carbonyl (C=O) groups excluding carboxylic acids is 2. The minimum absolute atomic E-state index is 0.0243. The predicted octanol–water partition coefficient (Wildman–Crippen LogP) is 4.35. The smallest absolute Gasteiger partial charge is 0.254 e. The first-order valence-corrected chi connectivity index (χ1v) is 12.4. The number of methoxy groups -OCH3 is 1. The highest BCUT2D eigenvalue weighted by Gasteiger charge is 2.29. The van der Waals surface area contributed by atoms with Gasteiger partial charge < -0.3 is 14.5 Å². The van der Waals surface area contributed by atoms with Crippen molar-refractivity contribution in [1.29, 1.82) is 0 Å². The van der Waals surface area contributed by atoms with Crippen LogP contribution in [0, 0.1) is 12.3 Å². The zero-order chi connectivity index (χ0) is 25.4. The Bertz CT molecular complexity index is 1020. The average molecular weight is 478 g/mol. The van der Waals surface area contributed by atoms with Crippen LogP contribution in [0.2, 0.25) is 0 Å². The molecule has 0 atom stereocenters. The maximum Gasteiger partial charge on any atom is 0.254 e. The number of nitrogens with zero attached hydrogens (tertiary/aromatic N) is 3. The summed E-state index contributed by atoms with van der Waals surface area (Å²) in [6, 6.07) is 15.6. The lowest BCUT2D eigenvalue weighted by molar-refractivity contribution is -0.141. The summed E-state index contributed by atoms with van der Waals surface area (Å²) in [5.74, 6) is 1.04. The zero-order valence-electron chi connectivity index (χ0n) is 21.8. The number of para-hydroxylation sites is 1. The lowest BCUT2D eigenvalue weighted by Crippen LogP contribution is -2.52. The molecule has 0 aromatic heterocycles. The molecule has 6 heteroatoms. The molecule has 2 aromatic carbocycles. The van der Waals surface area contributed by atoms with Crippen molar-refractivity contribution in [3.63, 3.8) is 0 Å². The Hall–Kier alpha value is -3.12. The third-order valence-corrected chi connectivity index (χ3v) is 6.34. The van der Waals surface area contributed by atoms with E-state index >= 15 is 0 Å². The van der Waals surface area contributed by atoms with Crippen LogP contribution in [0.15, 0.2) is 54.6 Å². The number of aryl methyl sites for hydroxylation is 1. The third-order valence-electron chi connectivity index (χ3n) is 6.34. The Morgan fingerprint density at radius 3 is 2.29 bits per heavy atom. The fourth-order valence-electron chi connectivity index (χ4n) is 4.18.